The maximum Gasteiger partial charge on any atom is 0.123 e. The lowest BCUT2D eigenvalue weighted by atomic mass is 10.3. The van der Waals surface area contributed by atoms with E-state index in [4.69, 9.17) is 0 Å². The van der Waals surface area contributed by atoms with E-state index in [1.165, 1.54) is 5.52 Å². The van der Waals surface area contributed by atoms with Crippen LogP contribution in [0.1, 0.15) is 12.7 Å². The molecule has 5 heteroatoms. The molecule has 0 saturated heterocycles. The summed E-state index contributed by atoms with van der Waals surface area (Å²) in [4.78, 5) is 8.72. The number of nitrogens with zero attached hydrogens (tertiary/aromatic N) is 4. The minimum absolute atomic E-state index is 0.365. The Morgan fingerprint density at radius 1 is 1.30 bits per heavy atom. The Labute approximate surface area is 118 Å². The summed E-state index contributed by atoms with van der Waals surface area (Å²) < 4.78 is 4.22. The zero-order valence-electron chi connectivity index (χ0n) is 11.8. The molecule has 20 heavy (non-hydrogen) atoms. The summed E-state index contributed by atoms with van der Waals surface area (Å²) >= 11 is 0. The Bertz CT molecular complexity index is 683. The van der Waals surface area contributed by atoms with Gasteiger partial charge in [-0.25, -0.2) is 9.97 Å². The summed E-state index contributed by atoms with van der Waals surface area (Å²) in [6.45, 7) is 3.84. The maximum absolute atomic E-state index is 4.66. The van der Waals surface area contributed by atoms with Crippen LogP contribution in [0.4, 0.5) is 0 Å². The standard InChI is InChI=1S/C15H19N5/c1-12(10-20-8-7-16-11-20)17-9-15-18-13-5-3-4-6-14(13)19(15)2/h3-8,11-12,17H,9-10H2,1-2H3. The van der Waals surface area contributed by atoms with Gasteiger partial charge in [0.25, 0.3) is 0 Å². The zero-order chi connectivity index (χ0) is 13.9. The highest BCUT2D eigenvalue weighted by Gasteiger charge is 2.08. The van der Waals surface area contributed by atoms with Crippen molar-refractivity contribution in [3.8, 4) is 0 Å². The van der Waals surface area contributed by atoms with E-state index in [9.17, 15) is 0 Å². The van der Waals surface area contributed by atoms with E-state index >= 15 is 0 Å². The number of aromatic nitrogens is 4. The number of hydrogen-bond donors (Lipinski definition) is 1. The molecule has 2 heterocycles. The maximum atomic E-state index is 4.66. The molecule has 2 aromatic heterocycles. The van der Waals surface area contributed by atoms with Gasteiger partial charge in [-0.15, -0.1) is 0 Å². The van der Waals surface area contributed by atoms with Crippen LogP contribution in [0.5, 0.6) is 0 Å². The van der Waals surface area contributed by atoms with Gasteiger partial charge in [0.2, 0.25) is 0 Å². The number of nitrogens with one attached hydrogen (secondary N) is 1. The molecule has 0 aliphatic rings. The fourth-order valence-electron chi connectivity index (χ4n) is 2.39. The first-order chi connectivity index (χ1) is 9.74. The van der Waals surface area contributed by atoms with E-state index in [1.54, 1.807) is 6.20 Å². The van der Waals surface area contributed by atoms with Gasteiger partial charge in [0.15, 0.2) is 0 Å². The molecule has 3 rings (SSSR count). The second kappa shape index (κ2) is 5.46. The molecule has 0 aliphatic carbocycles. The molecule has 0 amide bonds. The topological polar surface area (TPSA) is 47.7 Å². The molecule has 0 radical (unpaired) electrons. The number of benzene rings is 1. The second-order valence-electron chi connectivity index (χ2n) is 5.12. The van der Waals surface area contributed by atoms with Crippen molar-refractivity contribution < 1.29 is 0 Å². The van der Waals surface area contributed by atoms with Crippen molar-refractivity contribution in [2.24, 2.45) is 7.05 Å². The van der Waals surface area contributed by atoms with E-state index in [1.807, 2.05) is 30.7 Å². The number of para-hydroxylation sites is 2. The molecule has 0 fully saturated rings. The smallest absolute Gasteiger partial charge is 0.123 e. The Balaban J connectivity index is 1.66. The van der Waals surface area contributed by atoms with Gasteiger partial charge >= 0.3 is 0 Å². The van der Waals surface area contributed by atoms with Gasteiger partial charge in [-0.05, 0) is 19.1 Å². The van der Waals surface area contributed by atoms with Gasteiger partial charge in [0, 0.05) is 32.0 Å². The van der Waals surface area contributed by atoms with E-state index in [2.05, 4.69) is 44.5 Å². The van der Waals surface area contributed by atoms with Crippen molar-refractivity contribution in [2.45, 2.75) is 26.1 Å². The number of fused-ring (bicyclic) bond motifs is 1. The number of rotatable bonds is 5. The van der Waals surface area contributed by atoms with Crippen LogP contribution in [0.25, 0.3) is 11.0 Å². The lowest BCUT2D eigenvalue weighted by Crippen LogP contribution is -2.30. The lowest BCUT2D eigenvalue weighted by Gasteiger charge is -2.14. The third-order valence-corrected chi connectivity index (χ3v) is 3.53. The molecule has 0 spiro atoms. The Hall–Kier alpha value is -2.14. The van der Waals surface area contributed by atoms with E-state index < -0.39 is 0 Å². The van der Waals surface area contributed by atoms with Gasteiger partial charge < -0.3 is 14.5 Å². The summed E-state index contributed by atoms with van der Waals surface area (Å²) in [5.74, 6) is 1.06. The molecule has 0 aliphatic heterocycles. The third kappa shape index (κ3) is 2.58. The van der Waals surface area contributed by atoms with Crippen LogP contribution in [0.2, 0.25) is 0 Å². The van der Waals surface area contributed by atoms with Crippen molar-refractivity contribution in [1.29, 1.82) is 0 Å². The molecule has 0 saturated carbocycles. The summed E-state index contributed by atoms with van der Waals surface area (Å²) in [5.41, 5.74) is 2.22. The quantitative estimate of drug-likeness (QED) is 0.770. The van der Waals surface area contributed by atoms with E-state index in [0.29, 0.717) is 6.04 Å². The van der Waals surface area contributed by atoms with Crippen LogP contribution in [-0.2, 0) is 20.1 Å². The fourth-order valence-corrected chi connectivity index (χ4v) is 2.39. The molecule has 5 nitrogen and oxygen atoms in total. The normalized spacial score (nSPS) is 12.9. The van der Waals surface area contributed by atoms with E-state index in [0.717, 1.165) is 24.4 Å². The van der Waals surface area contributed by atoms with Gasteiger partial charge in [-0.3, -0.25) is 0 Å². The molecule has 1 aromatic carbocycles. The van der Waals surface area contributed by atoms with Gasteiger partial charge in [0.1, 0.15) is 5.82 Å². The highest BCUT2D eigenvalue weighted by molar-refractivity contribution is 5.75. The molecule has 1 unspecified atom stereocenters. The number of hydrogen-bond acceptors (Lipinski definition) is 3. The summed E-state index contributed by atoms with van der Waals surface area (Å²) in [6, 6.07) is 8.58. The van der Waals surface area contributed by atoms with Crippen LogP contribution in [-0.4, -0.2) is 25.1 Å². The molecular weight excluding hydrogens is 250 g/mol. The SMILES string of the molecule is CC(Cn1ccnc1)NCc1nc2ccccc2n1C. The van der Waals surface area contributed by atoms with Crippen molar-refractivity contribution in [3.05, 3.63) is 48.8 Å². The first-order valence-electron chi connectivity index (χ1n) is 6.83. The Morgan fingerprint density at radius 3 is 2.90 bits per heavy atom. The van der Waals surface area contributed by atoms with Gasteiger partial charge in [-0.1, -0.05) is 12.1 Å². The van der Waals surface area contributed by atoms with Crippen molar-refractivity contribution in [2.75, 3.05) is 0 Å². The third-order valence-electron chi connectivity index (χ3n) is 3.53. The van der Waals surface area contributed by atoms with Crippen LogP contribution >= 0.6 is 0 Å². The summed E-state index contributed by atoms with van der Waals surface area (Å²) in [5, 5.41) is 3.51. The average Bonchev–Trinajstić information content (AvgIpc) is 3.06. The zero-order valence-corrected chi connectivity index (χ0v) is 11.8. The first kappa shape index (κ1) is 12.9. The van der Waals surface area contributed by atoms with Crippen LogP contribution in [0, 0.1) is 0 Å². The minimum atomic E-state index is 0.365. The summed E-state index contributed by atoms with van der Waals surface area (Å²) in [7, 11) is 2.06. The highest BCUT2D eigenvalue weighted by atomic mass is 15.1. The predicted octanol–water partition coefficient (Wildman–Crippen LogP) is 1.95. The van der Waals surface area contributed by atoms with Crippen LogP contribution < -0.4 is 5.32 Å². The monoisotopic (exact) mass is 269 g/mol. The second-order valence-corrected chi connectivity index (χ2v) is 5.12. The van der Waals surface area contributed by atoms with Crippen molar-refractivity contribution in [1.82, 2.24) is 24.4 Å². The fraction of sp³-hybridized carbons (Fsp3) is 0.333. The van der Waals surface area contributed by atoms with Crippen LogP contribution in [0.3, 0.4) is 0 Å². The average molecular weight is 269 g/mol. The molecule has 1 atom stereocenters. The Morgan fingerprint density at radius 2 is 2.15 bits per heavy atom. The molecular formula is C15H19N5. The van der Waals surface area contributed by atoms with Crippen LogP contribution in [0.15, 0.2) is 43.0 Å². The van der Waals surface area contributed by atoms with Gasteiger partial charge in [0.05, 0.1) is 23.9 Å². The molecule has 1 N–H and O–H groups in total. The number of imidazole rings is 2. The molecule has 104 valence electrons. The minimum Gasteiger partial charge on any atom is -0.336 e. The predicted molar refractivity (Wildman–Crippen MR) is 79.2 cm³/mol. The highest BCUT2D eigenvalue weighted by Crippen LogP contribution is 2.14. The van der Waals surface area contributed by atoms with Crippen molar-refractivity contribution in [3.63, 3.8) is 0 Å². The Kier molecular flexibility index (Phi) is 3.52. The lowest BCUT2D eigenvalue weighted by molar-refractivity contribution is 0.466. The summed E-state index contributed by atoms with van der Waals surface area (Å²) in [6.07, 6.45) is 5.62. The molecule has 0 bridgehead atoms. The van der Waals surface area contributed by atoms with Gasteiger partial charge in [-0.2, -0.15) is 0 Å². The van der Waals surface area contributed by atoms with E-state index in [-0.39, 0.29) is 0 Å². The first-order valence-corrected chi connectivity index (χ1v) is 6.83. The van der Waals surface area contributed by atoms with Crippen molar-refractivity contribution >= 4 is 11.0 Å². The largest absolute Gasteiger partial charge is 0.336 e. The molecule has 3 aromatic rings. The number of aryl methyl sites for hydroxylation is 1.